The summed E-state index contributed by atoms with van der Waals surface area (Å²) in [6.07, 6.45) is 0.562. The van der Waals surface area contributed by atoms with Gasteiger partial charge in [-0.15, -0.1) is 0 Å². The van der Waals surface area contributed by atoms with E-state index in [-0.39, 0.29) is 12.5 Å². The maximum atomic E-state index is 12.1. The zero-order chi connectivity index (χ0) is 17.4. The highest BCUT2D eigenvalue weighted by molar-refractivity contribution is 5.94. The van der Waals surface area contributed by atoms with Crippen LogP contribution in [-0.4, -0.2) is 25.0 Å². The lowest BCUT2D eigenvalue weighted by molar-refractivity contribution is -0.138. The van der Waals surface area contributed by atoms with E-state index in [0.717, 1.165) is 11.1 Å². The summed E-state index contributed by atoms with van der Waals surface area (Å²) in [5.41, 5.74) is 3.16. The van der Waals surface area contributed by atoms with E-state index in [0.29, 0.717) is 24.1 Å². The fraction of sp³-hybridized carbons (Fsp3) is 0.200. The van der Waals surface area contributed by atoms with Crippen LogP contribution in [-0.2, 0) is 9.53 Å². The quantitative estimate of drug-likeness (QED) is 0.481. The van der Waals surface area contributed by atoms with Crippen LogP contribution in [0.15, 0.2) is 66.7 Å². The first-order valence-corrected chi connectivity index (χ1v) is 7.84. The lowest BCUT2D eigenvalue weighted by Gasteiger charge is -2.07. The Hall–Kier alpha value is -2.88. The second-order valence-electron chi connectivity index (χ2n) is 5.47. The lowest BCUT2D eigenvalue weighted by atomic mass is 10.0. The van der Waals surface area contributed by atoms with Crippen molar-refractivity contribution in [3.63, 3.8) is 0 Å². The molecule has 0 aliphatic heterocycles. The van der Waals surface area contributed by atoms with E-state index < -0.39 is 5.97 Å². The summed E-state index contributed by atoms with van der Waals surface area (Å²) < 4.78 is 4.97. The number of amides is 1. The van der Waals surface area contributed by atoms with E-state index in [9.17, 15) is 9.59 Å². The largest absolute Gasteiger partial charge is 0.462 e. The molecule has 2 aromatic rings. The molecule has 4 heteroatoms. The highest BCUT2D eigenvalue weighted by Gasteiger charge is 2.06. The Bertz CT molecular complexity index is 705. The smallest absolute Gasteiger partial charge is 0.333 e. The lowest BCUT2D eigenvalue weighted by Crippen LogP contribution is -2.25. The molecular weight excluding hydrogens is 302 g/mol. The number of hydrogen-bond donors (Lipinski definition) is 1. The topological polar surface area (TPSA) is 55.4 Å². The molecule has 124 valence electrons. The Morgan fingerprint density at radius 1 is 1.00 bits per heavy atom. The molecule has 0 fully saturated rings. The number of carbonyl (C=O) groups excluding carboxylic acids is 2. The van der Waals surface area contributed by atoms with Gasteiger partial charge in [0.05, 0.1) is 6.61 Å². The molecule has 2 aromatic carbocycles. The molecule has 24 heavy (non-hydrogen) atoms. The van der Waals surface area contributed by atoms with Crippen LogP contribution in [0.5, 0.6) is 0 Å². The fourth-order valence-corrected chi connectivity index (χ4v) is 2.11. The average Bonchev–Trinajstić information content (AvgIpc) is 2.62. The van der Waals surface area contributed by atoms with Crippen molar-refractivity contribution in [1.82, 2.24) is 5.32 Å². The van der Waals surface area contributed by atoms with Crippen molar-refractivity contribution < 1.29 is 14.3 Å². The second kappa shape index (κ2) is 8.67. The zero-order valence-corrected chi connectivity index (χ0v) is 13.7. The van der Waals surface area contributed by atoms with Gasteiger partial charge in [0, 0.05) is 17.7 Å². The Morgan fingerprint density at radius 3 is 2.25 bits per heavy atom. The Morgan fingerprint density at radius 2 is 1.62 bits per heavy atom. The minimum atomic E-state index is -0.405. The van der Waals surface area contributed by atoms with Crippen molar-refractivity contribution in [3.8, 4) is 11.1 Å². The highest BCUT2D eigenvalue weighted by atomic mass is 16.5. The van der Waals surface area contributed by atoms with Crippen LogP contribution in [0.4, 0.5) is 0 Å². The van der Waals surface area contributed by atoms with Crippen LogP contribution in [0.25, 0.3) is 11.1 Å². The van der Waals surface area contributed by atoms with Crippen molar-refractivity contribution in [1.29, 1.82) is 0 Å². The summed E-state index contributed by atoms with van der Waals surface area (Å²) in [5.74, 6) is -0.543. The molecule has 0 heterocycles. The molecule has 0 saturated heterocycles. The molecule has 4 nitrogen and oxygen atoms in total. The third-order valence-corrected chi connectivity index (χ3v) is 3.44. The second-order valence-corrected chi connectivity index (χ2v) is 5.47. The molecule has 0 unspecified atom stereocenters. The molecule has 0 aliphatic rings. The monoisotopic (exact) mass is 323 g/mol. The first kappa shape index (κ1) is 17.5. The Balaban J connectivity index is 1.79. The Kier molecular flexibility index (Phi) is 6.32. The van der Waals surface area contributed by atoms with Gasteiger partial charge in [-0.3, -0.25) is 4.79 Å². The number of esters is 1. The maximum absolute atomic E-state index is 12.1. The molecule has 0 spiro atoms. The van der Waals surface area contributed by atoms with E-state index >= 15 is 0 Å². The van der Waals surface area contributed by atoms with Gasteiger partial charge in [0.1, 0.15) is 0 Å². The normalized spacial score (nSPS) is 10.0. The summed E-state index contributed by atoms with van der Waals surface area (Å²) in [6, 6.07) is 17.5. The van der Waals surface area contributed by atoms with Crippen molar-refractivity contribution in [2.45, 2.75) is 13.3 Å². The molecular formula is C20H21NO3. The summed E-state index contributed by atoms with van der Waals surface area (Å²) >= 11 is 0. The van der Waals surface area contributed by atoms with Gasteiger partial charge in [0.25, 0.3) is 5.91 Å². The van der Waals surface area contributed by atoms with Crippen LogP contribution in [0.3, 0.4) is 0 Å². The summed E-state index contributed by atoms with van der Waals surface area (Å²) in [6.45, 7) is 5.82. The van der Waals surface area contributed by atoms with Crippen LogP contribution in [0, 0.1) is 0 Å². The van der Waals surface area contributed by atoms with E-state index in [1.807, 2.05) is 42.5 Å². The zero-order valence-electron chi connectivity index (χ0n) is 13.7. The van der Waals surface area contributed by atoms with E-state index in [1.165, 1.54) is 0 Å². The number of nitrogens with one attached hydrogen (secondary N) is 1. The number of ether oxygens (including phenoxy) is 1. The standard InChI is InChI=1S/C20H21NO3/c1-15(2)20(23)24-14-6-13-21-19(22)18-11-9-17(10-12-18)16-7-4-3-5-8-16/h3-5,7-12H,1,6,13-14H2,2H3,(H,21,22). The van der Waals surface area contributed by atoms with Crippen LogP contribution < -0.4 is 5.32 Å². The van der Waals surface area contributed by atoms with Gasteiger partial charge in [0.2, 0.25) is 0 Å². The minimum absolute atomic E-state index is 0.138. The molecule has 1 N–H and O–H groups in total. The summed E-state index contributed by atoms with van der Waals surface area (Å²) in [4.78, 5) is 23.3. The molecule has 0 bridgehead atoms. The molecule has 1 amide bonds. The Labute approximate surface area is 142 Å². The molecule has 0 radical (unpaired) electrons. The van der Waals surface area contributed by atoms with Crippen LogP contribution >= 0.6 is 0 Å². The molecule has 0 saturated carbocycles. The SMILES string of the molecule is C=C(C)C(=O)OCCCNC(=O)c1ccc(-c2ccccc2)cc1. The average molecular weight is 323 g/mol. The van der Waals surface area contributed by atoms with Gasteiger partial charge < -0.3 is 10.1 Å². The van der Waals surface area contributed by atoms with Gasteiger partial charge in [-0.25, -0.2) is 4.79 Å². The number of carbonyl (C=O) groups is 2. The van der Waals surface area contributed by atoms with E-state index in [2.05, 4.69) is 11.9 Å². The number of rotatable bonds is 7. The van der Waals surface area contributed by atoms with Crippen molar-refractivity contribution >= 4 is 11.9 Å². The first-order valence-electron chi connectivity index (χ1n) is 7.84. The third kappa shape index (κ3) is 5.09. The molecule has 0 atom stereocenters. The van der Waals surface area contributed by atoms with Crippen molar-refractivity contribution in [2.24, 2.45) is 0 Å². The van der Waals surface area contributed by atoms with Gasteiger partial charge >= 0.3 is 5.97 Å². The van der Waals surface area contributed by atoms with E-state index in [1.54, 1.807) is 19.1 Å². The minimum Gasteiger partial charge on any atom is -0.462 e. The van der Waals surface area contributed by atoms with Crippen molar-refractivity contribution in [3.05, 3.63) is 72.3 Å². The third-order valence-electron chi connectivity index (χ3n) is 3.44. The first-order chi connectivity index (χ1) is 11.6. The maximum Gasteiger partial charge on any atom is 0.333 e. The van der Waals surface area contributed by atoms with E-state index in [4.69, 9.17) is 4.74 Å². The molecule has 0 aromatic heterocycles. The molecule has 0 aliphatic carbocycles. The van der Waals surface area contributed by atoms with Gasteiger partial charge in [-0.05, 0) is 36.6 Å². The van der Waals surface area contributed by atoms with Gasteiger partial charge in [-0.1, -0.05) is 49.0 Å². The predicted octanol–water partition coefficient (Wildman–Crippen LogP) is 3.59. The highest BCUT2D eigenvalue weighted by Crippen LogP contribution is 2.19. The predicted molar refractivity (Wildman–Crippen MR) is 94.6 cm³/mol. The number of hydrogen-bond acceptors (Lipinski definition) is 3. The van der Waals surface area contributed by atoms with Gasteiger partial charge in [-0.2, -0.15) is 0 Å². The molecule has 2 rings (SSSR count). The van der Waals surface area contributed by atoms with Crippen molar-refractivity contribution in [2.75, 3.05) is 13.2 Å². The summed E-state index contributed by atoms with van der Waals surface area (Å²) in [7, 11) is 0. The fourth-order valence-electron chi connectivity index (χ4n) is 2.11. The summed E-state index contributed by atoms with van der Waals surface area (Å²) in [5, 5.41) is 2.81. The van der Waals surface area contributed by atoms with Crippen LogP contribution in [0.2, 0.25) is 0 Å². The van der Waals surface area contributed by atoms with Crippen LogP contribution in [0.1, 0.15) is 23.7 Å². The number of benzene rings is 2. The van der Waals surface area contributed by atoms with Gasteiger partial charge in [0.15, 0.2) is 0 Å².